The Balaban J connectivity index is 1.74. The number of anilines is 3. The molecule has 0 saturated carbocycles. The van der Waals surface area contributed by atoms with Gasteiger partial charge in [0.2, 0.25) is 11.9 Å². The van der Waals surface area contributed by atoms with Crippen LogP contribution in [0.4, 0.5) is 17.6 Å². The number of para-hydroxylation sites is 2. The minimum Gasteiger partial charge on any atom is -0.495 e. The molecule has 2 heterocycles. The van der Waals surface area contributed by atoms with Crippen molar-refractivity contribution in [1.82, 2.24) is 19.5 Å². The summed E-state index contributed by atoms with van der Waals surface area (Å²) >= 11 is 0. The molecular formula is C20H24N6O3. The molecule has 0 aliphatic heterocycles. The van der Waals surface area contributed by atoms with Gasteiger partial charge < -0.3 is 25.1 Å². The van der Waals surface area contributed by atoms with Crippen molar-refractivity contribution in [3.8, 4) is 5.75 Å². The van der Waals surface area contributed by atoms with Crippen LogP contribution >= 0.6 is 0 Å². The number of carbonyl (C=O) groups is 1. The Morgan fingerprint density at radius 3 is 2.66 bits per heavy atom. The van der Waals surface area contributed by atoms with Crippen LogP contribution in [0.2, 0.25) is 0 Å². The van der Waals surface area contributed by atoms with Crippen LogP contribution < -0.4 is 15.8 Å². The largest absolute Gasteiger partial charge is 0.495 e. The fourth-order valence-electron chi connectivity index (χ4n) is 3.13. The number of hydrogen-bond donors (Lipinski definition) is 2. The second-order valence-corrected chi connectivity index (χ2v) is 6.36. The third kappa shape index (κ3) is 4.45. The fraction of sp³-hybridized carbons (Fsp3) is 0.300. The molecule has 1 aromatic carbocycles. The molecule has 29 heavy (non-hydrogen) atoms. The molecule has 9 heteroatoms. The number of hydrogen-bond acceptors (Lipinski definition) is 8. The second-order valence-electron chi connectivity index (χ2n) is 6.36. The highest BCUT2D eigenvalue weighted by atomic mass is 16.5. The molecule has 0 unspecified atom stereocenters. The quantitative estimate of drug-likeness (QED) is 0.585. The van der Waals surface area contributed by atoms with Crippen LogP contribution in [0.25, 0.3) is 0 Å². The molecule has 0 radical (unpaired) electrons. The number of methoxy groups -OCH3 is 1. The summed E-state index contributed by atoms with van der Waals surface area (Å²) in [4.78, 5) is 24.9. The van der Waals surface area contributed by atoms with Gasteiger partial charge in [0.05, 0.1) is 18.4 Å². The van der Waals surface area contributed by atoms with Gasteiger partial charge in [-0.25, -0.2) is 4.79 Å². The average molecular weight is 396 g/mol. The van der Waals surface area contributed by atoms with Gasteiger partial charge in [-0.3, -0.25) is 0 Å². The van der Waals surface area contributed by atoms with Gasteiger partial charge in [-0.15, -0.1) is 0 Å². The van der Waals surface area contributed by atoms with Crippen molar-refractivity contribution < 1.29 is 14.3 Å². The molecule has 0 atom stereocenters. The van der Waals surface area contributed by atoms with Crippen molar-refractivity contribution in [2.45, 2.75) is 33.9 Å². The number of carbonyl (C=O) groups excluding carboxylic acids is 1. The van der Waals surface area contributed by atoms with Crippen LogP contribution in [0.3, 0.4) is 0 Å². The first kappa shape index (κ1) is 20.1. The van der Waals surface area contributed by atoms with E-state index in [1.165, 1.54) is 0 Å². The Morgan fingerprint density at radius 2 is 1.97 bits per heavy atom. The molecule has 0 spiro atoms. The van der Waals surface area contributed by atoms with Crippen molar-refractivity contribution >= 4 is 23.6 Å². The normalized spacial score (nSPS) is 10.6. The summed E-state index contributed by atoms with van der Waals surface area (Å²) in [5.41, 5.74) is 8.86. The number of benzene rings is 1. The zero-order valence-electron chi connectivity index (χ0n) is 16.9. The number of nitrogen functional groups attached to an aromatic ring is 1. The Hall–Kier alpha value is -3.62. The van der Waals surface area contributed by atoms with Gasteiger partial charge in [-0.05, 0) is 39.0 Å². The minimum atomic E-state index is -0.434. The Bertz CT molecular complexity index is 1030. The highest BCUT2D eigenvalue weighted by Crippen LogP contribution is 2.25. The zero-order valence-corrected chi connectivity index (χ0v) is 16.9. The highest BCUT2D eigenvalue weighted by molar-refractivity contribution is 5.91. The monoisotopic (exact) mass is 396 g/mol. The van der Waals surface area contributed by atoms with Crippen molar-refractivity contribution in [3.05, 3.63) is 53.1 Å². The van der Waals surface area contributed by atoms with E-state index in [9.17, 15) is 4.79 Å². The number of nitrogens with two attached hydrogens (primary N) is 1. The smallest absolute Gasteiger partial charge is 0.340 e. The van der Waals surface area contributed by atoms with Crippen molar-refractivity contribution in [1.29, 1.82) is 0 Å². The molecule has 2 aromatic heterocycles. The van der Waals surface area contributed by atoms with Crippen LogP contribution in [0.1, 0.15) is 34.5 Å². The van der Waals surface area contributed by atoms with Crippen molar-refractivity contribution in [2.24, 2.45) is 0 Å². The van der Waals surface area contributed by atoms with Crippen LogP contribution in [-0.2, 0) is 17.9 Å². The molecule has 3 rings (SSSR count). The summed E-state index contributed by atoms with van der Waals surface area (Å²) in [6.07, 6.45) is 0. The number of aromatic nitrogens is 4. The van der Waals surface area contributed by atoms with E-state index in [2.05, 4.69) is 20.3 Å². The second kappa shape index (κ2) is 8.59. The molecule has 0 bridgehead atoms. The number of rotatable bonds is 7. The predicted molar refractivity (Wildman–Crippen MR) is 109 cm³/mol. The molecule has 3 N–H and O–H groups in total. The van der Waals surface area contributed by atoms with Crippen molar-refractivity contribution in [3.63, 3.8) is 0 Å². The van der Waals surface area contributed by atoms with Gasteiger partial charge in [0.15, 0.2) is 12.4 Å². The summed E-state index contributed by atoms with van der Waals surface area (Å²) < 4.78 is 12.7. The lowest BCUT2D eigenvalue weighted by Gasteiger charge is -2.11. The van der Waals surface area contributed by atoms with Gasteiger partial charge in [0.1, 0.15) is 5.75 Å². The van der Waals surface area contributed by atoms with E-state index in [0.717, 1.165) is 17.9 Å². The molecule has 9 nitrogen and oxygen atoms in total. The third-order valence-electron chi connectivity index (χ3n) is 4.49. The van der Waals surface area contributed by atoms with Crippen LogP contribution in [0.15, 0.2) is 30.3 Å². The number of esters is 1. The number of aryl methyl sites for hydroxylation is 1. The number of nitrogens with zero attached hydrogens (tertiary/aromatic N) is 4. The Morgan fingerprint density at radius 1 is 1.21 bits per heavy atom. The summed E-state index contributed by atoms with van der Waals surface area (Å²) in [5.74, 6) is 0.694. The van der Waals surface area contributed by atoms with E-state index in [-0.39, 0.29) is 24.3 Å². The lowest BCUT2D eigenvalue weighted by molar-refractivity contribution is 0.0461. The standard InChI is InChI=1S/C20H24N6O3/c1-5-26-12(2)10-14(13(26)3)18(27)29-11-17-23-19(21)25-20(24-17)22-15-8-6-7-9-16(15)28-4/h6-10H,5,11H2,1-4H3,(H3,21,22,23,24,25). The SMILES string of the molecule is CCn1c(C)cc(C(=O)OCc2nc(N)nc(Nc3ccccc3OC)n2)c1C. The van der Waals surface area contributed by atoms with Gasteiger partial charge >= 0.3 is 5.97 Å². The summed E-state index contributed by atoms with van der Waals surface area (Å²) in [7, 11) is 1.57. The molecule has 0 saturated heterocycles. The van der Waals surface area contributed by atoms with E-state index in [1.54, 1.807) is 7.11 Å². The lowest BCUT2D eigenvalue weighted by atomic mass is 10.2. The first-order valence-corrected chi connectivity index (χ1v) is 9.17. The van der Waals surface area contributed by atoms with E-state index < -0.39 is 5.97 Å². The van der Waals surface area contributed by atoms with Crippen LogP contribution in [0.5, 0.6) is 5.75 Å². The topological polar surface area (TPSA) is 117 Å². The highest BCUT2D eigenvalue weighted by Gasteiger charge is 2.17. The van der Waals surface area contributed by atoms with Crippen molar-refractivity contribution in [2.75, 3.05) is 18.2 Å². The van der Waals surface area contributed by atoms with E-state index in [1.807, 2.05) is 55.7 Å². The van der Waals surface area contributed by atoms with Gasteiger partial charge in [-0.1, -0.05) is 12.1 Å². The molecule has 152 valence electrons. The molecule has 3 aromatic rings. The fourth-order valence-corrected chi connectivity index (χ4v) is 3.13. The molecule has 0 fully saturated rings. The zero-order chi connectivity index (χ0) is 21.0. The third-order valence-corrected chi connectivity index (χ3v) is 4.49. The van der Waals surface area contributed by atoms with E-state index in [4.69, 9.17) is 15.2 Å². The van der Waals surface area contributed by atoms with E-state index in [0.29, 0.717) is 17.0 Å². The maximum absolute atomic E-state index is 12.5. The summed E-state index contributed by atoms with van der Waals surface area (Å²) in [5, 5.41) is 3.04. The minimum absolute atomic E-state index is 0.0209. The first-order valence-electron chi connectivity index (χ1n) is 9.17. The average Bonchev–Trinajstić information content (AvgIpc) is 2.99. The number of ether oxygens (including phenoxy) is 2. The number of nitrogens with one attached hydrogen (secondary N) is 1. The Labute approximate surface area is 168 Å². The predicted octanol–water partition coefficient (Wildman–Crippen LogP) is 3.00. The van der Waals surface area contributed by atoms with Gasteiger partial charge in [-0.2, -0.15) is 15.0 Å². The molecule has 0 aliphatic rings. The van der Waals surface area contributed by atoms with Crippen LogP contribution in [0, 0.1) is 13.8 Å². The van der Waals surface area contributed by atoms with Gasteiger partial charge in [0, 0.05) is 17.9 Å². The molecule has 0 aliphatic carbocycles. The van der Waals surface area contributed by atoms with E-state index >= 15 is 0 Å². The maximum Gasteiger partial charge on any atom is 0.340 e. The molecular weight excluding hydrogens is 372 g/mol. The lowest BCUT2D eigenvalue weighted by Crippen LogP contribution is -2.12. The molecule has 0 amide bonds. The van der Waals surface area contributed by atoms with Gasteiger partial charge in [0.25, 0.3) is 0 Å². The summed E-state index contributed by atoms with van der Waals surface area (Å²) in [6.45, 7) is 6.53. The summed E-state index contributed by atoms with van der Waals surface area (Å²) in [6, 6.07) is 9.15. The Kier molecular flexibility index (Phi) is 5.96. The first-order chi connectivity index (χ1) is 13.9. The maximum atomic E-state index is 12.5. The van der Waals surface area contributed by atoms with Crippen LogP contribution in [-0.4, -0.2) is 32.6 Å².